The fourth-order valence-electron chi connectivity index (χ4n) is 4.18. The van der Waals surface area contributed by atoms with Gasteiger partial charge in [0.2, 0.25) is 15.9 Å². The Balaban J connectivity index is 1.57. The number of nitrogens with zero attached hydrogens (tertiary/aromatic N) is 2. The molecule has 1 aromatic heterocycles. The van der Waals surface area contributed by atoms with Crippen molar-refractivity contribution in [1.82, 2.24) is 9.21 Å². The van der Waals surface area contributed by atoms with Gasteiger partial charge in [0.1, 0.15) is 6.61 Å². The van der Waals surface area contributed by atoms with Gasteiger partial charge in [-0.3, -0.25) is 4.79 Å². The first-order valence-corrected chi connectivity index (χ1v) is 13.9. The molecule has 0 saturated carbocycles. The van der Waals surface area contributed by atoms with Crippen molar-refractivity contribution >= 4 is 27.3 Å². The van der Waals surface area contributed by atoms with Gasteiger partial charge in [0.25, 0.3) is 0 Å². The van der Waals surface area contributed by atoms with Gasteiger partial charge in [-0.2, -0.15) is 4.31 Å². The second kappa shape index (κ2) is 11.5. The summed E-state index contributed by atoms with van der Waals surface area (Å²) in [6.07, 6.45) is 0.664. The van der Waals surface area contributed by atoms with Gasteiger partial charge in [-0.05, 0) is 54.6 Å². The van der Waals surface area contributed by atoms with E-state index < -0.39 is 21.9 Å². The Morgan fingerprint density at radius 1 is 1.17 bits per heavy atom. The summed E-state index contributed by atoms with van der Waals surface area (Å²) < 4.78 is 53.0. The molecule has 0 radical (unpaired) electrons. The number of amides is 1. The molecule has 36 heavy (non-hydrogen) atoms. The van der Waals surface area contributed by atoms with Crippen molar-refractivity contribution < 1.29 is 27.1 Å². The minimum Gasteiger partial charge on any atom is -0.488 e. The van der Waals surface area contributed by atoms with Crippen molar-refractivity contribution in [2.24, 2.45) is 0 Å². The van der Waals surface area contributed by atoms with Crippen LogP contribution in [-0.4, -0.2) is 63.5 Å². The van der Waals surface area contributed by atoms with E-state index in [4.69, 9.17) is 9.47 Å². The maximum atomic E-state index is 14.2. The Hall–Kier alpha value is -2.79. The Morgan fingerprint density at radius 2 is 1.92 bits per heavy atom. The van der Waals surface area contributed by atoms with Gasteiger partial charge in [-0.25, -0.2) is 12.8 Å². The third-order valence-corrected chi connectivity index (χ3v) is 9.02. The van der Waals surface area contributed by atoms with Crippen LogP contribution in [0.1, 0.15) is 22.0 Å². The summed E-state index contributed by atoms with van der Waals surface area (Å²) >= 11 is 1.60. The molecule has 1 amide bonds. The standard InChI is InChI=1S/C26H29FN2O5S2/c1-19-7-9-20(10-8-19)36(31,32)28(14-15-33-2)17-26(30)29-13-11-25-21(12-16-35-25)23(29)18-34-24-6-4-3-5-22(24)27/h3-10,12,16,23H,11,13-15,17-18H2,1-2H3/t23-/m1/s1. The predicted octanol–water partition coefficient (Wildman–Crippen LogP) is 4.04. The molecular formula is C26H29FN2O5S2. The molecule has 0 aliphatic carbocycles. The van der Waals surface area contributed by atoms with Crippen LogP contribution in [0.2, 0.25) is 0 Å². The van der Waals surface area contributed by atoms with E-state index in [-0.39, 0.29) is 42.9 Å². The number of para-hydroxylation sites is 1. The highest BCUT2D eigenvalue weighted by Crippen LogP contribution is 2.34. The lowest BCUT2D eigenvalue weighted by molar-refractivity contribution is -0.135. The van der Waals surface area contributed by atoms with Crippen LogP contribution in [0.25, 0.3) is 0 Å². The fraction of sp³-hybridized carbons (Fsp3) is 0.346. The number of hydrogen-bond donors (Lipinski definition) is 0. The second-order valence-corrected chi connectivity index (χ2v) is 11.5. The monoisotopic (exact) mass is 532 g/mol. The third kappa shape index (κ3) is 5.78. The van der Waals surface area contributed by atoms with Gasteiger partial charge in [0.15, 0.2) is 11.6 Å². The molecule has 7 nitrogen and oxygen atoms in total. The van der Waals surface area contributed by atoms with Crippen molar-refractivity contribution in [3.8, 4) is 5.75 Å². The van der Waals surface area contributed by atoms with Gasteiger partial charge in [-0.1, -0.05) is 29.8 Å². The van der Waals surface area contributed by atoms with E-state index in [1.165, 1.54) is 13.2 Å². The summed E-state index contributed by atoms with van der Waals surface area (Å²) in [7, 11) is -2.44. The summed E-state index contributed by atoms with van der Waals surface area (Å²) in [5.41, 5.74) is 1.88. The van der Waals surface area contributed by atoms with E-state index in [2.05, 4.69) is 0 Å². The topological polar surface area (TPSA) is 76.2 Å². The molecule has 0 N–H and O–H groups in total. The molecule has 0 fully saturated rings. The number of carbonyl (C=O) groups is 1. The van der Waals surface area contributed by atoms with E-state index >= 15 is 0 Å². The highest BCUT2D eigenvalue weighted by atomic mass is 32.2. The largest absolute Gasteiger partial charge is 0.488 e. The molecule has 0 spiro atoms. The van der Waals surface area contributed by atoms with Crippen molar-refractivity contribution in [1.29, 1.82) is 0 Å². The summed E-state index contributed by atoms with van der Waals surface area (Å²) in [5, 5.41) is 1.96. The SMILES string of the molecule is COCCN(CC(=O)N1CCc2sccc2[C@H]1COc1ccccc1F)S(=O)(=O)c1ccc(C)cc1. The lowest BCUT2D eigenvalue weighted by Crippen LogP contribution is -2.48. The number of carbonyl (C=O) groups excluding carboxylic acids is 1. The van der Waals surface area contributed by atoms with Crippen LogP contribution in [-0.2, 0) is 26.0 Å². The number of sulfonamides is 1. The lowest BCUT2D eigenvalue weighted by Gasteiger charge is -2.37. The number of aryl methyl sites for hydroxylation is 1. The van der Waals surface area contributed by atoms with Crippen LogP contribution in [0.5, 0.6) is 5.75 Å². The Morgan fingerprint density at radius 3 is 2.64 bits per heavy atom. The van der Waals surface area contributed by atoms with Crippen LogP contribution < -0.4 is 4.74 Å². The average Bonchev–Trinajstić information content (AvgIpc) is 3.35. The molecule has 2 heterocycles. The van der Waals surface area contributed by atoms with Crippen molar-refractivity contribution in [2.75, 3.05) is 40.0 Å². The molecule has 0 saturated heterocycles. The van der Waals surface area contributed by atoms with Crippen LogP contribution in [0.3, 0.4) is 0 Å². The molecule has 10 heteroatoms. The van der Waals surface area contributed by atoms with Crippen molar-refractivity contribution in [2.45, 2.75) is 24.3 Å². The minimum absolute atomic E-state index is 0.0341. The van der Waals surface area contributed by atoms with Gasteiger partial charge in [0.05, 0.1) is 24.1 Å². The van der Waals surface area contributed by atoms with E-state index in [1.807, 2.05) is 18.4 Å². The smallest absolute Gasteiger partial charge is 0.243 e. The molecule has 2 aromatic carbocycles. The van der Waals surface area contributed by atoms with Gasteiger partial charge in [0, 0.05) is 25.1 Å². The zero-order valence-corrected chi connectivity index (χ0v) is 21.9. The lowest BCUT2D eigenvalue weighted by atomic mass is 10.0. The number of benzene rings is 2. The summed E-state index contributed by atoms with van der Waals surface area (Å²) in [4.78, 5) is 16.5. The zero-order chi connectivity index (χ0) is 25.7. The van der Waals surface area contributed by atoms with Gasteiger partial charge >= 0.3 is 0 Å². The number of rotatable bonds is 10. The minimum atomic E-state index is -3.92. The quantitative estimate of drug-likeness (QED) is 0.394. The molecule has 1 aliphatic rings. The first-order chi connectivity index (χ1) is 17.3. The molecule has 0 unspecified atom stereocenters. The number of ether oxygens (including phenoxy) is 2. The Labute approximate surface area is 215 Å². The molecular weight excluding hydrogens is 503 g/mol. The Kier molecular flexibility index (Phi) is 8.40. The van der Waals surface area contributed by atoms with E-state index in [0.29, 0.717) is 13.0 Å². The Bertz CT molecular complexity index is 1290. The summed E-state index contributed by atoms with van der Waals surface area (Å²) in [6, 6.07) is 14.1. The number of halogens is 1. The number of fused-ring (bicyclic) bond motifs is 1. The molecule has 4 rings (SSSR count). The average molecular weight is 533 g/mol. The van der Waals surface area contributed by atoms with E-state index in [0.717, 1.165) is 20.3 Å². The summed E-state index contributed by atoms with van der Waals surface area (Å²) in [6.45, 7) is 2.19. The zero-order valence-electron chi connectivity index (χ0n) is 20.2. The van der Waals surface area contributed by atoms with E-state index in [9.17, 15) is 17.6 Å². The van der Waals surface area contributed by atoms with Crippen molar-refractivity contribution in [3.63, 3.8) is 0 Å². The number of hydrogen-bond acceptors (Lipinski definition) is 6. The van der Waals surface area contributed by atoms with Crippen LogP contribution in [0, 0.1) is 12.7 Å². The normalized spacial score (nSPS) is 15.7. The van der Waals surface area contributed by atoms with Crippen LogP contribution in [0.4, 0.5) is 4.39 Å². The van der Waals surface area contributed by atoms with Crippen LogP contribution >= 0.6 is 11.3 Å². The molecule has 3 aromatic rings. The van der Waals surface area contributed by atoms with Gasteiger partial charge < -0.3 is 14.4 Å². The molecule has 0 bridgehead atoms. The highest BCUT2D eigenvalue weighted by Gasteiger charge is 2.35. The fourth-order valence-corrected chi connectivity index (χ4v) is 6.49. The number of methoxy groups -OCH3 is 1. The molecule has 1 aliphatic heterocycles. The predicted molar refractivity (Wildman–Crippen MR) is 136 cm³/mol. The maximum Gasteiger partial charge on any atom is 0.243 e. The summed E-state index contributed by atoms with van der Waals surface area (Å²) in [5.74, 6) is -0.719. The number of thiophene rings is 1. The van der Waals surface area contributed by atoms with Crippen molar-refractivity contribution in [3.05, 3.63) is 81.8 Å². The van der Waals surface area contributed by atoms with Gasteiger partial charge in [-0.15, -0.1) is 11.3 Å². The first-order valence-electron chi connectivity index (χ1n) is 11.6. The maximum absolute atomic E-state index is 14.2. The van der Waals surface area contributed by atoms with E-state index in [1.54, 1.807) is 58.7 Å². The highest BCUT2D eigenvalue weighted by molar-refractivity contribution is 7.89. The van der Waals surface area contributed by atoms with Crippen LogP contribution in [0.15, 0.2) is 64.9 Å². The molecule has 1 atom stereocenters. The first kappa shape index (κ1) is 26.3. The molecule has 192 valence electrons. The second-order valence-electron chi connectivity index (χ2n) is 8.54. The third-order valence-electron chi connectivity index (χ3n) is 6.16.